The summed E-state index contributed by atoms with van der Waals surface area (Å²) < 4.78 is 0. The number of nitrogens with zero attached hydrogens (tertiary/aromatic N) is 1. The first-order valence-electron chi connectivity index (χ1n) is 7.04. The van der Waals surface area contributed by atoms with Gasteiger partial charge >= 0.3 is 12.0 Å². The smallest absolute Gasteiger partial charge is 0.317 e. The summed E-state index contributed by atoms with van der Waals surface area (Å²) in [6.45, 7) is 3.40. The fourth-order valence-electron chi connectivity index (χ4n) is 2.29. The average Bonchev–Trinajstić information content (AvgIpc) is 2.48. The second-order valence-electron chi connectivity index (χ2n) is 5.23. The highest BCUT2D eigenvalue weighted by atomic mass is 16.4. The number of hydrogen-bond acceptors (Lipinski definition) is 2. The van der Waals surface area contributed by atoms with E-state index in [1.807, 2.05) is 19.1 Å². The molecule has 1 heterocycles. The minimum absolute atomic E-state index is 0.0946. The van der Waals surface area contributed by atoms with Crippen LogP contribution in [-0.2, 0) is 4.79 Å². The minimum Gasteiger partial charge on any atom is -0.481 e. The highest BCUT2D eigenvalue weighted by molar-refractivity contribution is 5.79. The molecule has 2 rings (SSSR count). The number of benzene rings is 1. The van der Waals surface area contributed by atoms with E-state index >= 15 is 0 Å². The van der Waals surface area contributed by atoms with Crippen molar-refractivity contribution in [2.45, 2.75) is 19.3 Å². The summed E-state index contributed by atoms with van der Waals surface area (Å²) in [5.74, 6) is -1.66. The van der Waals surface area contributed by atoms with Crippen LogP contribution >= 0.6 is 0 Å². The largest absolute Gasteiger partial charge is 0.481 e. The van der Waals surface area contributed by atoms with Gasteiger partial charge in [0, 0.05) is 19.6 Å². The third-order valence-corrected chi connectivity index (χ3v) is 3.68. The zero-order valence-corrected chi connectivity index (χ0v) is 12.1. The lowest BCUT2D eigenvalue weighted by molar-refractivity contribution is -0.138. The van der Waals surface area contributed by atoms with Crippen LogP contribution in [0.25, 0.3) is 0 Å². The molecule has 1 aliphatic heterocycles. The zero-order valence-electron chi connectivity index (χ0n) is 12.1. The monoisotopic (exact) mass is 288 g/mol. The molecule has 21 heavy (non-hydrogen) atoms. The van der Waals surface area contributed by atoms with Crippen LogP contribution in [0.15, 0.2) is 42.0 Å². The molecule has 0 saturated heterocycles. The molecule has 1 aliphatic rings. The van der Waals surface area contributed by atoms with E-state index < -0.39 is 11.9 Å². The van der Waals surface area contributed by atoms with Crippen LogP contribution in [0.3, 0.4) is 0 Å². The van der Waals surface area contributed by atoms with Gasteiger partial charge in [-0.15, -0.1) is 0 Å². The Hall–Kier alpha value is -2.30. The van der Waals surface area contributed by atoms with Gasteiger partial charge in [0.05, 0.1) is 5.92 Å². The molecule has 0 bridgehead atoms. The number of carboxylic acids is 1. The van der Waals surface area contributed by atoms with Crippen molar-refractivity contribution < 1.29 is 14.7 Å². The van der Waals surface area contributed by atoms with Gasteiger partial charge in [-0.25, -0.2) is 4.79 Å². The Morgan fingerprint density at radius 3 is 2.62 bits per heavy atom. The molecule has 0 spiro atoms. The van der Waals surface area contributed by atoms with Crippen molar-refractivity contribution in [3.8, 4) is 0 Å². The topological polar surface area (TPSA) is 69.6 Å². The molecule has 1 aromatic rings. The summed E-state index contributed by atoms with van der Waals surface area (Å²) in [5, 5.41) is 12.0. The molecule has 1 unspecified atom stereocenters. The molecule has 0 aromatic heterocycles. The lowest BCUT2D eigenvalue weighted by Gasteiger charge is -2.26. The summed E-state index contributed by atoms with van der Waals surface area (Å²) in [4.78, 5) is 25.1. The number of carbonyl (C=O) groups is 2. The highest BCUT2D eigenvalue weighted by Crippen LogP contribution is 2.15. The molecular formula is C16H20N2O3. The lowest BCUT2D eigenvalue weighted by Crippen LogP contribution is -2.44. The molecule has 2 N–H and O–H groups in total. The van der Waals surface area contributed by atoms with Crippen LogP contribution in [-0.4, -0.2) is 41.6 Å². The van der Waals surface area contributed by atoms with Gasteiger partial charge in [0.2, 0.25) is 0 Å². The number of carbonyl (C=O) groups excluding carboxylic acids is 1. The maximum atomic E-state index is 12.1. The first-order valence-corrected chi connectivity index (χ1v) is 7.04. The van der Waals surface area contributed by atoms with E-state index in [2.05, 4.69) is 5.32 Å². The molecular weight excluding hydrogens is 268 g/mol. The molecule has 0 fully saturated rings. The van der Waals surface area contributed by atoms with Crippen molar-refractivity contribution in [3.63, 3.8) is 0 Å². The van der Waals surface area contributed by atoms with Crippen LogP contribution in [0.4, 0.5) is 4.79 Å². The van der Waals surface area contributed by atoms with Crippen LogP contribution in [0.2, 0.25) is 0 Å². The van der Waals surface area contributed by atoms with Gasteiger partial charge < -0.3 is 15.3 Å². The number of carboxylic acid groups (broad SMARTS) is 1. The third-order valence-electron chi connectivity index (χ3n) is 3.68. The summed E-state index contributed by atoms with van der Waals surface area (Å²) in [6.07, 6.45) is 2.89. The molecule has 0 aliphatic carbocycles. The second kappa shape index (κ2) is 6.92. The van der Waals surface area contributed by atoms with Crippen molar-refractivity contribution in [2.75, 3.05) is 19.6 Å². The van der Waals surface area contributed by atoms with E-state index in [0.717, 1.165) is 6.42 Å². The summed E-state index contributed by atoms with van der Waals surface area (Å²) in [5.41, 5.74) is 1.98. The van der Waals surface area contributed by atoms with Gasteiger partial charge in [-0.05, 0) is 18.9 Å². The Balaban J connectivity index is 1.93. The van der Waals surface area contributed by atoms with Crippen molar-refractivity contribution in [2.24, 2.45) is 0 Å². The molecule has 0 radical (unpaired) electrons. The SMILES string of the molecule is CC1=CCN(C(=O)NCC(C(=O)O)c2ccccc2)CC1. The van der Waals surface area contributed by atoms with Crippen LogP contribution < -0.4 is 5.32 Å². The number of hydrogen-bond donors (Lipinski definition) is 2. The zero-order chi connectivity index (χ0) is 15.2. The molecule has 5 nitrogen and oxygen atoms in total. The van der Waals surface area contributed by atoms with E-state index in [4.69, 9.17) is 0 Å². The predicted octanol–water partition coefficient (Wildman–Crippen LogP) is 2.22. The molecule has 0 saturated carbocycles. The molecule has 5 heteroatoms. The van der Waals surface area contributed by atoms with Crippen molar-refractivity contribution in [1.29, 1.82) is 0 Å². The normalized spacial score (nSPS) is 16.0. The minimum atomic E-state index is -0.934. The maximum Gasteiger partial charge on any atom is 0.317 e. The number of nitrogens with one attached hydrogen (secondary N) is 1. The fraction of sp³-hybridized carbons (Fsp3) is 0.375. The Morgan fingerprint density at radius 1 is 1.33 bits per heavy atom. The highest BCUT2D eigenvalue weighted by Gasteiger charge is 2.22. The molecule has 1 aromatic carbocycles. The first-order chi connectivity index (χ1) is 10.1. The van der Waals surface area contributed by atoms with Crippen LogP contribution in [0, 0.1) is 0 Å². The number of amides is 2. The van der Waals surface area contributed by atoms with Gasteiger partial charge in [-0.3, -0.25) is 4.79 Å². The Bertz CT molecular complexity index is 540. The number of aliphatic carboxylic acids is 1. The van der Waals surface area contributed by atoms with Gasteiger partial charge in [-0.2, -0.15) is 0 Å². The Kier molecular flexibility index (Phi) is 4.98. The summed E-state index contributed by atoms with van der Waals surface area (Å²) >= 11 is 0. The van der Waals surface area contributed by atoms with Gasteiger partial charge in [-0.1, -0.05) is 42.0 Å². The quantitative estimate of drug-likeness (QED) is 0.835. The van der Waals surface area contributed by atoms with E-state index in [-0.39, 0.29) is 12.6 Å². The van der Waals surface area contributed by atoms with Crippen LogP contribution in [0.5, 0.6) is 0 Å². The fourth-order valence-corrected chi connectivity index (χ4v) is 2.29. The van der Waals surface area contributed by atoms with Crippen LogP contribution in [0.1, 0.15) is 24.8 Å². The van der Waals surface area contributed by atoms with Crippen molar-refractivity contribution >= 4 is 12.0 Å². The van der Waals surface area contributed by atoms with E-state index in [1.165, 1.54) is 5.57 Å². The van der Waals surface area contributed by atoms with Crippen molar-refractivity contribution in [3.05, 3.63) is 47.5 Å². The number of urea groups is 1. The van der Waals surface area contributed by atoms with Crippen molar-refractivity contribution in [1.82, 2.24) is 10.2 Å². The van der Waals surface area contributed by atoms with E-state index in [0.29, 0.717) is 18.7 Å². The molecule has 112 valence electrons. The van der Waals surface area contributed by atoms with Gasteiger partial charge in [0.15, 0.2) is 0 Å². The maximum absolute atomic E-state index is 12.1. The predicted molar refractivity (Wildman–Crippen MR) is 80.2 cm³/mol. The third kappa shape index (κ3) is 4.08. The Labute approximate surface area is 124 Å². The Morgan fingerprint density at radius 2 is 2.05 bits per heavy atom. The summed E-state index contributed by atoms with van der Waals surface area (Å²) in [6, 6.07) is 8.75. The van der Waals surface area contributed by atoms with E-state index in [9.17, 15) is 14.7 Å². The summed E-state index contributed by atoms with van der Waals surface area (Å²) in [7, 11) is 0. The van der Waals surface area contributed by atoms with E-state index in [1.54, 1.807) is 29.2 Å². The first kappa shape index (κ1) is 15.1. The van der Waals surface area contributed by atoms with Gasteiger partial charge in [0.1, 0.15) is 0 Å². The average molecular weight is 288 g/mol. The standard InChI is InChI=1S/C16H20N2O3/c1-12-7-9-18(10-8-12)16(21)17-11-14(15(19)20)13-5-3-2-4-6-13/h2-7,14H,8-11H2,1H3,(H,17,21)(H,19,20). The second-order valence-corrected chi connectivity index (χ2v) is 5.23. The molecule has 2 amide bonds. The molecule has 1 atom stereocenters. The van der Waals surface area contributed by atoms with Gasteiger partial charge in [0.25, 0.3) is 0 Å². The lowest BCUT2D eigenvalue weighted by atomic mass is 9.99. The number of rotatable bonds is 4.